The molecule has 1 unspecified atom stereocenters. The lowest BCUT2D eigenvalue weighted by molar-refractivity contribution is 0.287. The molecule has 0 N–H and O–H groups in total. The van der Waals surface area contributed by atoms with Crippen LogP contribution in [0.3, 0.4) is 0 Å². The van der Waals surface area contributed by atoms with Crippen molar-refractivity contribution in [3.05, 3.63) is 44.6 Å². The zero-order valence-electron chi connectivity index (χ0n) is 11.4. The smallest absolute Gasteiger partial charge is 0.162 e. The molecule has 5 heteroatoms. The Bertz CT molecular complexity index is 557. The number of benzene rings is 1. The van der Waals surface area contributed by atoms with Crippen LogP contribution in [0, 0.1) is 0 Å². The molecule has 20 heavy (non-hydrogen) atoms. The predicted molar refractivity (Wildman–Crippen MR) is 88.5 cm³/mol. The summed E-state index contributed by atoms with van der Waals surface area (Å²) in [6, 6.07) is 5.91. The number of halogens is 2. The lowest BCUT2D eigenvalue weighted by Gasteiger charge is -2.16. The normalized spacial score (nSPS) is 12.2. The Morgan fingerprint density at radius 3 is 2.40 bits per heavy atom. The first kappa shape index (κ1) is 15.7. The van der Waals surface area contributed by atoms with Gasteiger partial charge in [0.2, 0.25) is 0 Å². The zero-order chi connectivity index (χ0) is 14.5. The maximum Gasteiger partial charge on any atom is 0.162 e. The van der Waals surface area contributed by atoms with E-state index in [1.807, 2.05) is 37.4 Å². The van der Waals surface area contributed by atoms with E-state index in [2.05, 4.69) is 21.3 Å². The van der Waals surface area contributed by atoms with E-state index >= 15 is 0 Å². The molecule has 0 aliphatic carbocycles. The summed E-state index contributed by atoms with van der Waals surface area (Å²) in [6.45, 7) is 5.09. The van der Waals surface area contributed by atoms with Crippen LogP contribution in [0.25, 0.3) is 0 Å². The van der Waals surface area contributed by atoms with Crippen molar-refractivity contribution in [1.82, 2.24) is 0 Å². The highest BCUT2D eigenvalue weighted by molar-refractivity contribution is 9.10. The van der Waals surface area contributed by atoms with Gasteiger partial charge in [-0.2, -0.15) is 11.3 Å². The van der Waals surface area contributed by atoms with E-state index < -0.39 is 0 Å². The van der Waals surface area contributed by atoms with Crippen molar-refractivity contribution in [2.45, 2.75) is 19.2 Å². The highest BCUT2D eigenvalue weighted by Crippen LogP contribution is 2.41. The highest BCUT2D eigenvalue weighted by Gasteiger charge is 2.18. The number of thiophene rings is 1. The van der Waals surface area contributed by atoms with Crippen molar-refractivity contribution >= 4 is 38.9 Å². The van der Waals surface area contributed by atoms with E-state index in [1.54, 1.807) is 11.3 Å². The van der Waals surface area contributed by atoms with E-state index in [-0.39, 0.29) is 5.38 Å². The van der Waals surface area contributed by atoms with Gasteiger partial charge in [0.05, 0.1) is 18.6 Å². The molecule has 1 heterocycles. The van der Waals surface area contributed by atoms with Crippen LogP contribution in [0.15, 0.2) is 33.4 Å². The molecule has 0 bridgehead atoms. The SMILES string of the molecule is CCOc1cc(Br)c(C(Cl)c2ccsc2)cc1OCC. The largest absolute Gasteiger partial charge is 0.490 e. The molecule has 0 aliphatic heterocycles. The third-order valence-corrected chi connectivity index (χ3v) is 4.65. The van der Waals surface area contributed by atoms with Crippen LogP contribution in [-0.4, -0.2) is 13.2 Å². The fraction of sp³-hybridized carbons (Fsp3) is 0.333. The van der Waals surface area contributed by atoms with Gasteiger partial charge in [-0.1, -0.05) is 15.9 Å². The predicted octanol–water partition coefficient (Wildman–Crippen LogP) is 5.64. The van der Waals surface area contributed by atoms with Crippen molar-refractivity contribution in [2.24, 2.45) is 0 Å². The monoisotopic (exact) mass is 374 g/mol. The van der Waals surface area contributed by atoms with Crippen molar-refractivity contribution in [2.75, 3.05) is 13.2 Å². The van der Waals surface area contributed by atoms with Crippen molar-refractivity contribution in [3.63, 3.8) is 0 Å². The molecule has 0 radical (unpaired) electrons. The van der Waals surface area contributed by atoms with E-state index in [0.29, 0.717) is 13.2 Å². The summed E-state index contributed by atoms with van der Waals surface area (Å²) in [4.78, 5) is 0. The maximum atomic E-state index is 6.56. The number of hydrogen-bond donors (Lipinski definition) is 0. The summed E-state index contributed by atoms with van der Waals surface area (Å²) in [6.07, 6.45) is 0. The van der Waals surface area contributed by atoms with Gasteiger partial charge in [-0.3, -0.25) is 0 Å². The summed E-state index contributed by atoms with van der Waals surface area (Å²) in [5.41, 5.74) is 2.07. The molecule has 1 aromatic heterocycles. The van der Waals surface area contributed by atoms with Gasteiger partial charge in [-0.25, -0.2) is 0 Å². The number of hydrogen-bond acceptors (Lipinski definition) is 3. The Hall–Kier alpha value is -0.710. The number of ether oxygens (including phenoxy) is 2. The minimum absolute atomic E-state index is 0.203. The van der Waals surface area contributed by atoms with Crippen LogP contribution in [0.4, 0.5) is 0 Å². The van der Waals surface area contributed by atoms with Crippen molar-refractivity contribution in [3.8, 4) is 11.5 Å². The first-order valence-electron chi connectivity index (χ1n) is 6.42. The quantitative estimate of drug-likeness (QED) is 0.609. The Morgan fingerprint density at radius 2 is 1.85 bits per heavy atom. The lowest BCUT2D eigenvalue weighted by Crippen LogP contribution is -2.01. The molecule has 0 spiro atoms. The Balaban J connectivity index is 2.40. The van der Waals surface area contributed by atoms with Crippen LogP contribution in [-0.2, 0) is 0 Å². The summed E-state index contributed by atoms with van der Waals surface area (Å²) in [5.74, 6) is 1.47. The zero-order valence-corrected chi connectivity index (χ0v) is 14.5. The van der Waals surface area contributed by atoms with Gasteiger partial charge in [0.25, 0.3) is 0 Å². The molecule has 0 saturated carbocycles. The Labute approximate surface area is 136 Å². The van der Waals surface area contributed by atoms with Gasteiger partial charge in [-0.15, -0.1) is 11.6 Å². The van der Waals surface area contributed by atoms with E-state index in [1.165, 1.54) is 0 Å². The lowest BCUT2D eigenvalue weighted by atomic mass is 10.1. The minimum atomic E-state index is -0.203. The Morgan fingerprint density at radius 1 is 1.20 bits per heavy atom. The molecule has 0 saturated heterocycles. The summed E-state index contributed by atoms with van der Waals surface area (Å²) >= 11 is 11.8. The molecule has 2 aromatic rings. The van der Waals surface area contributed by atoms with Crippen LogP contribution in [0.5, 0.6) is 11.5 Å². The molecule has 0 fully saturated rings. The summed E-state index contributed by atoms with van der Waals surface area (Å²) in [7, 11) is 0. The molecule has 1 atom stereocenters. The van der Waals surface area contributed by atoms with E-state index in [0.717, 1.165) is 27.1 Å². The second kappa shape index (κ2) is 7.34. The van der Waals surface area contributed by atoms with Gasteiger partial charge in [-0.05, 0) is 53.9 Å². The van der Waals surface area contributed by atoms with Gasteiger partial charge < -0.3 is 9.47 Å². The number of rotatable bonds is 6. The fourth-order valence-electron chi connectivity index (χ4n) is 1.88. The number of alkyl halides is 1. The summed E-state index contributed by atoms with van der Waals surface area (Å²) in [5, 5.41) is 3.88. The first-order valence-corrected chi connectivity index (χ1v) is 8.59. The van der Waals surface area contributed by atoms with Crippen LogP contribution < -0.4 is 9.47 Å². The van der Waals surface area contributed by atoms with Crippen molar-refractivity contribution < 1.29 is 9.47 Å². The fourth-order valence-corrected chi connectivity index (χ4v) is 3.64. The van der Waals surface area contributed by atoms with Gasteiger partial charge in [0.1, 0.15) is 0 Å². The highest BCUT2D eigenvalue weighted by atomic mass is 79.9. The topological polar surface area (TPSA) is 18.5 Å². The summed E-state index contributed by atoms with van der Waals surface area (Å²) < 4.78 is 12.2. The average Bonchev–Trinajstić information content (AvgIpc) is 2.95. The van der Waals surface area contributed by atoms with Crippen LogP contribution in [0.1, 0.15) is 30.4 Å². The minimum Gasteiger partial charge on any atom is -0.490 e. The van der Waals surface area contributed by atoms with Gasteiger partial charge in [0.15, 0.2) is 11.5 Å². The van der Waals surface area contributed by atoms with Crippen LogP contribution >= 0.6 is 38.9 Å². The molecule has 2 nitrogen and oxygen atoms in total. The molecule has 108 valence electrons. The van der Waals surface area contributed by atoms with Gasteiger partial charge in [0, 0.05) is 4.47 Å². The van der Waals surface area contributed by atoms with Crippen molar-refractivity contribution in [1.29, 1.82) is 0 Å². The molecule has 0 aliphatic rings. The second-order valence-corrected chi connectivity index (χ2v) is 6.18. The standard InChI is InChI=1S/C15H16BrClO2S/c1-3-18-13-7-11(12(16)8-14(13)19-4-2)15(17)10-5-6-20-9-10/h5-9,15H,3-4H2,1-2H3. The average molecular weight is 376 g/mol. The van der Waals surface area contributed by atoms with Gasteiger partial charge >= 0.3 is 0 Å². The maximum absolute atomic E-state index is 6.56. The molecule has 2 rings (SSSR count). The molecular weight excluding hydrogens is 360 g/mol. The third-order valence-electron chi connectivity index (χ3n) is 2.77. The third kappa shape index (κ3) is 3.48. The second-order valence-electron chi connectivity index (χ2n) is 4.11. The molecule has 0 amide bonds. The Kier molecular flexibility index (Phi) is 5.75. The van der Waals surface area contributed by atoms with E-state index in [4.69, 9.17) is 21.1 Å². The van der Waals surface area contributed by atoms with Crippen LogP contribution in [0.2, 0.25) is 0 Å². The first-order chi connectivity index (χ1) is 9.67. The molecular formula is C15H16BrClO2S. The molecule has 1 aromatic carbocycles. The van der Waals surface area contributed by atoms with E-state index in [9.17, 15) is 0 Å².